The van der Waals surface area contributed by atoms with Crippen LogP contribution < -0.4 is 0 Å². The van der Waals surface area contributed by atoms with E-state index in [9.17, 15) is 13.6 Å². The third-order valence-electron chi connectivity index (χ3n) is 1.61. The molecule has 0 saturated carbocycles. The topological polar surface area (TPSA) is 20.3 Å². The second-order valence-electron chi connectivity index (χ2n) is 2.76. The van der Waals surface area contributed by atoms with Crippen molar-refractivity contribution in [1.82, 2.24) is 4.90 Å². The van der Waals surface area contributed by atoms with Crippen LogP contribution in [0.25, 0.3) is 0 Å². The molecule has 0 spiro atoms. The highest BCUT2D eigenvalue weighted by molar-refractivity contribution is 5.46. The van der Waals surface area contributed by atoms with Crippen LogP contribution in [0.3, 0.4) is 0 Å². The molecule has 0 aromatic heterocycles. The van der Waals surface area contributed by atoms with E-state index < -0.39 is 11.6 Å². The number of halogens is 2. The van der Waals surface area contributed by atoms with Crippen LogP contribution in [0.5, 0.6) is 0 Å². The second kappa shape index (κ2) is 3.98. The second-order valence-corrected chi connectivity index (χ2v) is 2.76. The van der Waals surface area contributed by atoms with E-state index in [1.54, 1.807) is 0 Å². The Morgan fingerprint density at radius 3 is 2.69 bits per heavy atom. The summed E-state index contributed by atoms with van der Waals surface area (Å²) in [5.74, 6) is -1.25. The molecule has 70 valence electrons. The summed E-state index contributed by atoms with van der Waals surface area (Å²) < 4.78 is 25.4. The summed E-state index contributed by atoms with van der Waals surface area (Å²) in [6, 6.07) is 3.29. The van der Waals surface area contributed by atoms with Gasteiger partial charge in [-0.25, -0.2) is 8.78 Å². The molecule has 0 saturated heterocycles. The van der Waals surface area contributed by atoms with E-state index in [4.69, 9.17) is 0 Å². The molecule has 0 aliphatic heterocycles. The molecule has 1 amide bonds. The normalized spacial score (nSPS) is 9.77. The van der Waals surface area contributed by atoms with Gasteiger partial charge in [0.05, 0.1) is 0 Å². The van der Waals surface area contributed by atoms with Crippen molar-refractivity contribution >= 4 is 6.41 Å². The fraction of sp³-hybridized carbons (Fsp3) is 0.222. The van der Waals surface area contributed by atoms with E-state index in [1.807, 2.05) is 0 Å². The fourth-order valence-electron chi connectivity index (χ4n) is 0.956. The Labute approximate surface area is 74.8 Å². The number of benzene rings is 1. The molecule has 13 heavy (non-hydrogen) atoms. The third-order valence-corrected chi connectivity index (χ3v) is 1.61. The largest absolute Gasteiger partial charge is 0.344 e. The average molecular weight is 185 g/mol. The molecule has 0 radical (unpaired) electrons. The lowest BCUT2D eigenvalue weighted by atomic mass is 10.2. The molecule has 0 atom stereocenters. The fourth-order valence-corrected chi connectivity index (χ4v) is 0.956. The zero-order chi connectivity index (χ0) is 9.84. The molecule has 1 aromatic rings. The van der Waals surface area contributed by atoms with Gasteiger partial charge in [-0.05, 0) is 6.07 Å². The lowest BCUT2D eigenvalue weighted by Crippen LogP contribution is -2.15. The first-order chi connectivity index (χ1) is 6.13. The standard InChI is InChI=1S/C9H9F2NO/c1-12(6-13)5-7-2-3-8(10)4-9(7)11/h2-4,6H,5H2,1H3. The number of rotatable bonds is 3. The van der Waals surface area contributed by atoms with Crippen LogP contribution >= 0.6 is 0 Å². The number of hydrogen-bond acceptors (Lipinski definition) is 1. The molecule has 1 aromatic carbocycles. The predicted octanol–water partition coefficient (Wildman–Crippen LogP) is 1.55. The zero-order valence-corrected chi connectivity index (χ0v) is 7.13. The number of hydrogen-bond donors (Lipinski definition) is 0. The van der Waals surface area contributed by atoms with Gasteiger partial charge in [-0.15, -0.1) is 0 Å². The number of carbonyl (C=O) groups is 1. The van der Waals surface area contributed by atoms with Gasteiger partial charge in [0.15, 0.2) is 0 Å². The van der Waals surface area contributed by atoms with Gasteiger partial charge in [-0.2, -0.15) is 0 Å². The van der Waals surface area contributed by atoms with Crippen molar-refractivity contribution in [2.75, 3.05) is 7.05 Å². The molecule has 0 heterocycles. The van der Waals surface area contributed by atoms with Gasteiger partial charge < -0.3 is 4.90 Å². The minimum absolute atomic E-state index is 0.148. The first-order valence-electron chi connectivity index (χ1n) is 3.73. The molecule has 0 aliphatic rings. The van der Waals surface area contributed by atoms with E-state index in [0.717, 1.165) is 12.1 Å². The van der Waals surface area contributed by atoms with E-state index in [0.29, 0.717) is 12.0 Å². The summed E-state index contributed by atoms with van der Waals surface area (Å²) in [5.41, 5.74) is 0.302. The predicted molar refractivity (Wildman–Crippen MR) is 43.9 cm³/mol. The molecule has 0 bridgehead atoms. The molecular weight excluding hydrogens is 176 g/mol. The SMILES string of the molecule is CN(C=O)Cc1ccc(F)cc1F. The maximum Gasteiger partial charge on any atom is 0.209 e. The van der Waals surface area contributed by atoms with Crippen molar-refractivity contribution < 1.29 is 13.6 Å². The Hall–Kier alpha value is -1.45. The number of carbonyl (C=O) groups excluding carboxylic acids is 1. The average Bonchev–Trinajstić information content (AvgIpc) is 2.09. The summed E-state index contributed by atoms with van der Waals surface area (Å²) in [6.07, 6.45) is 0.586. The van der Waals surface area contributed by atoms with Crippen LogP contribution in [0, 0.1) is 11.6 Å². The third kappa shape index (κ3) is 2.50. The van der Waals surface area contributed by atoms with Crippen molar-refractivity contribution in [3.63, 3.8) is 0 Å². The summed E-state index contributed by atoms with van der Waals surface area (Å²) in [5, 5.41) is 0. The molecule has 0 N–H and O–H groups in total. The van der Waals surface area contributed by atoms with Crippen LogP contribution in [-0.2, 0) is 11.3 Å². The van der Waals surface area contributed by atoms with Crippen molar-refractivity contribution in [1.29, 1.82) is 0 Å². The zero-order valence-electron chi connectivity index (χ0n) is 7.13. The van der Waals surface area contributed by atoms with Crippen molar-refractivity contribution in [3.05, 3.63) is 35.4 Å². The molecule has 0 aliphatic carbocycles. The van der Waals surface area contributed by atoms with Crippen LogP contribution in [0.4, 0.5) is 8.78 Å². The monoisotopic (exact) mass is 185 g/mol. The molecule has 2 nitrogen and oxygen atoms in total. The Bertz CT molecular complexity index is 314. The van der Waals surface area contributed by atoms with Gasteiger partial charge in [0.1, 0.15) is 11.6 Å². The smallest absolute Gasteiger partial charge is 0.209 e. The van der Waals surface area contributed by atoms with E-state index in [2.05, 4.69) is 0 Å². The quantitative estimate of drug-likeness (QED) is 0.654. The van der Waals surface area contributed by atoms with Crippen LogP contribution in [0.15, 0.2) is 18.2 Å². The van der Waals surface area contributed by atoms with Gasteiger partial charge in [0.25, 0.3) is 0 Å². The first kappa shape index (κ1) is 9.64. The molecule has 1 rings (SSSR count). The molecule has 4 heteroatoms. The van der Waals surface area contributed by atoms with Crippen LogP contribution in [0.2, 0.25) is 0 Å². The van der Waals surface area contributed by atoms with Gasteiger partial charge in [0.2, 0.25) is 6.41 Å². The summed E-state index contributed by atoms with van der Waals surface area (Å²) in [4.78, 5) is 11.5. The summed E-state index contributed by atoms with van der Waals surface area (Å²) >= 11 is 0. The van der Waals surface area contributed by atoms with E-state index in [1.165, 1.54) is 18.0 Å². The van der Waals surface area contributed by atoms with Gasteiger partial charge >= 0.3 is 0 Å². The van der Waals surface area contributed by atoms with Crippen LogP contribution in [-0.4, -0.2) is 18.4 Å². The minimum Gasteiger partial charge on any atom is -0.344 e. The number of nitrogens with zero attached hydrogens (tertiary/aromatic N) is 1. The minimum atomic E-state index is -0.631. The number of amides is 1. The Morgan fingerprint density at radius 2 is 2.15 bits per heavy atom. The Morgan fingerprint density at radius 1 is 1.46 bits per heavy atom. The lowest BCUT2D eigenvalue weighted by molar-refractivity contribution is -0.117. The lowest BCUT2D eigenvalue weighted by Gasteiger charge is -2.10. The van der Waals surface area contributed by atoms with E-state index in [-0.39, 0.29) is 6.54 Å². The maximum absolute atomic E-state index is 13.0. The molecule has 0 unspecified atom stereocenters. The Kier molecular flexibility index (Phi) is 2.95. The van der Waals surface area contributed by atoms with E-state index >= 15 is 0 Å². The van der Waals surface area contributed by atoms with Crippen molar-refractivity contribution in [3.8, 4) is 0 Å². The summed E-state index contributed by atoms with van der Waals surface area (Å²) in [7, 11) is 1.52. The summed E-state index contributed by atoms with van der Waals surface area (Å²) in [6.45, 7) is 0.148. The highest BCUT2D eigenvalue weighted by Gasteiger charge is 2.04. The molecular formula is C9H9F2NO. The Balaban J connectivity index is 2.83. The first-order valence-corrected chi connectivity index (χ1v) is 3.73. The van der Waals surface area contributed by atoms with Gasteiger partial charge in [-0.3, -0.25) is 4.79 Å². The highest BCUT2D eigenvalue weighted by Crippen LogP contribution is 2.10. The molecule has 0 fully saturated rings. The van der Waals surface area contributed by atoms with Crippen molar-refractivity contribution in [2.24, 2.45) is 0 Å². The van der Waals surface area contributed by atoms with Gasteiger partial charge in [0, 0.05) is 25.2 Å². The highest BCUT2D eigenvalue weighted by atomic mass is 19.1. The van der Waals surface area contributed by atoms with Crippen LogP contribution in [0.1, 0.15) is 5.56 Å². The maximum atomic E-state index is 13.0. The van der Waals surface area contributed by atoms with Gasteiger partial charge in [-0.1, -0.05) is 6.07 Å². The van der Waals surface area contributed by atoms with Crippen molar-refractivity contribution in [2.45, 2.75) is 6.54 Å².